The Morgan fingerprint density at radius 1 is 1.03 bits per heavy atom. The Morgan fingerprint density at radius 3 is 2.60 bits per heavy atom. The van der Waals surface area contributed by atoms with Crippen molar-refractivity contribution in [3.05, 3.63) is 76.8 Å². The van der Waals surface area contributed by atoms with Gasteiger partial charge < -0.3 is 14.1 Å². The number of fused-ring (bicyclic) bond motifs is 2. The van der Waals surface area contributed by atoms with E-state index in [1.807, 2.05) is 36.4 Å². The molecule has 7 heteroatoms. The van der Waals surface area contributed by atoms with E-state index in [9.17, 15) is 9.59 Å². The minimum absolute atomic E-state index is 0.0630. The Bertz CT molecular complexity index is 1290. The predicted octanol–water partition coefficient (Wildman–Crippen LogP) is 3.42. The van der Waals surface area contributed by atoms with Crippen LogP contribution in [0, 0.1) is 0 Å². The molecule has 150 valence electrons. The van der Waals surface area contributed by atoms with Gasteiger partial charge in [-0.25, -0.2) is 4.79 Å². The Morgan fingerprint density at radius 2 is 1.77 bits per heavy atom. The number of rotatable bonds is 3. The van der Waals surface area contributed by atoms with Crippen molar-refractivity contribution in [3.8, 4) is 5.88 Å². The van der Waals surface area contributed by atoms with Gasteiger partial charge in [-0.15, -0.1) is 5.10 Å². The van der Waals surface area contributed by atoms with Crippen molar-refractivity contribution >= 4 is 27.6 Å². The molecule has 3 heterocycles. The molecule has 5 rings (SSSR count). The number of nitrogens with zero attached hydrogens (tertiary/aromatic N) is 3. The van der Waals surface area contributed by atoms with Crippen LogP contribution in [-0.2, 0) is 0 Å². The maximum absolute atomic E-state index is 12.9. The number of likely N-dealkylation sites (tertiary alicyclic amines) is 1. The molecule has 30 heavy (non-hydrogen) atoms. The SMILES string of the molecule is O=C(c1cc2ccccc2oc1=O)N1CCC(Oc2nncc3ccccc23)CC1. The number of carbonyl (C=O) groups is 1. The highest BCUT2D eigenvalue weighted by molar-refractivity contribution is 5.96. The summed E-state index contributed by atoms with van der Waals surface area (Å²) in [7, 11) is 0. The summed E-state index contributed by atoms with van der Waals surface area (Å²) in [4.78, 5) is 26.9. The summed E-state index contributed by atoms with van der Waals surface area (Å²) in [5.41, 5.74) is -0.0709. The third kappa shape index (κ3) is 3.39. The summed E-state index contributed by atoms with van der Waals surface area (Å²) in [5.74, 6) is 0.200. The summed E-state index contributed by atoms with van der Waals surface area (Å²) >= 11 is 0. The lowest BCUT2D eigenvalue weighted by Crippen LogP contribution is -2.43. The molecule has 1 fully saturated rings. The van der Waals surface area contributed by atoms with Gasteiger partial charge in [-0.1, -0.05) is 36.4 Å². The number of piperidine rings is 1. The number of amides is 1. The van der Waals surface area contributed by atoms with Crippen molar-refractivity contribution in [2.75, 3.05) is 13.1 Å². The van der Waals surface area contributed by atoms with Crippen LogP contribution in [0.5, 0.6) is 5.88 Å². The summed E-state index contributed by atoms with van der Waals surface area (Å²) in [6, 6.07) is 16.6. The highest BCUT2D eigenvalue weighted by atomic mass is 16.5. The molecule has 0 radical (unpaired) electrons. The first kappa shape index (κ1) is 18.3. The minimum atomic E-state index is -0.608. The number of hydrogen-bond donors (Lipinski definition) is 0. The fraction of sp³-hybridized carbons (Fsp3) is 0.217. The summed E-state index contributed by atoms with van der Waals surface area (Å²) < 4.78 is 11.4. The fourth-order valence-electron chi connectivity index (χ4n) is 3.80. The van der Waals surface area contributed by atoms with Gasteiger partial charge >= 0.3 is 5.63 Å². The van der Waals surface area contributed by atoms with Crippen molar-refractivity contribution in [1.29, 1.82) is 0 Å². The number of aromatic nitrogens is 2. The van der Waals surface area contributed by atoms with Crippen LogP contribution in [0.4, 0.5) is 0 Å². The topological polar surface area (TPSA) is 85.5 Å². The van der Waals surface area contributed by atoms with Crippen LogP contribution in [-0.4, -0.2) is 40.2 Å². The summed E-state index contributed by atoms with van der Waals surface area (Å²) in [6.07, 6.45) is 2.94. The minimum Gasteiger partial charge on any atom is -0.473 e. The van der Waals surface area contributed by atoms with Gasteiger partial charge in [0.05, 0.1) is 6.20 Å². The van der Waals surface area contributed by atoms with Crippen LogP contribution in [0.1, 0.15) is 23.2 Å². The van der Waals surface area contributed by atoms with Crippen molar-refractivity contribution in [2.24, 2.45) is 0 Å². The van der Waals surface area contributed by atoms with Gasteiger partial charge in [0.2, 0.25) is 5.88 Å². The lowest BCUT2D eigenvalue weighted by atomic mass is 10.1. The quantitative estimate of drug-likeness (QED) is 0.489. The zero-order valence-electron chi connectivity index (χ0n) is 16.2. The van der Waals surface area contributed by atoms with Crippen LogP contribution in [0.15, 0.2) is 70.0 Å². The zero-order chi connectivity index (χ0) is 20.5. The lowest BCUT2D eigenvalue weighted by Gasteiger charge is -2.31. The Hall–Kier alpha value is -3.74. The molecule has 0 atom stereocenters. The van der Waals surface area contributed by atoms with Gasteiger partial charge in [0.15, 0.2) is 0 Å². The van der Waals surface area contributed by atoms with Crippen LogP contribution < -0.4 is 10.4 Å². The molecular weight excluding hydrogens is 382 g/mol. The maximum atomic E-state index is 12.9. The first-order chi connectivity index (χ1) is 14.7. The van der Waals surface area contributed by atoms with E-state index in [-0.39, 0.29) is 17.6 Å². The molecule has 0 spiro atoms. The van der Waals surface area contributed by atoms with Crippen LogP contribution >= 0.6 is 0 Å². The maximum Gasteiger partial charge on any atom is 0.349 e. The Balaban J connectivity index is 1.29. The largest absolute Gasteiger partial charge is 0.473 e. The van der Waals surface area contributed by atoms with E-state index in [0.717, 1.165) is 16.2 Å². The number of carbonyl (C=O) groups excluding carboxylic acids is 1. The second-order valence-electron chi connectivity index (χ2n) is 7.33. The molecule has 0 aliphatic carbocycles. The summed E-state index contributed by atoms with van der Waals surface area (Å²) in [5, 5.41) is 10.8. The van der Waals surface area contributed by atoms with E-state index >= 15 is 0 Å². The van der Waals surface area contributed by atoms with E-state index in [1.165, 1.54) is 0 Å². The normalized spacial score (nSPS) is 14.9. The molecule has 1 aliphatic rings. The van der Waals surface area contributed by atoms with Crippen LogP contribution in [0.2, 0.25) is 0 Å². The third-order valence-electron chi connectivity index (χ3n) is 5.42. The average Bonchev–Trinajstić information content (AvgIpc) is 2.79. The first-order valence-electron chi connectivity index (χ1n) is 9.88. The first-order valence-corrected chi connectivity index (χ1v) is 9.88. The standard InChI is InChI=1S/C23H19N3O4/c27-22(19-13-15-5-2-4-8-20(15)30-23(19)28)26-11-9-17(10-12-26)29-21-18-7-3-1-6-16(18)14-24-25-21/h1-8,13-14,17H,9-12H2. The third-order valence-corrected chi connectivity index (χ3v) is 5.42. The molecule has 2 aromatic heterocycles. The van der Waals surface area contributed by atoms with E-state index in [0.29, 0.717) is 37.4 Å². The molecule has 0 bridgehead atoms. The van der Waals surface area contributed by atoms with Gasteiger partial charge in [0.25, 0.3) is 5.91 Å². The number of para-hydroxylation sites is 1. The highest BCUT2D eigenvalue weighted by Gasteiger charge is 2.27. The molecule has 1 amide bonds. The zero-order valence-corrected chi connectivity index (χ0v) is 16.2. The highest BCUT2D eigenvalue weighted by Crippen LogP contribution is 2.25. The molecule has 2 aromatic carbocycles. The van der Waals surface area contributed by atoms with Crippen molar-refractivity contribution in [2.45, 2.75) is 18.9 Å². The van der Waals surface area contributed by atoms with Gasteiger partial charge in [0.1, 0.15) is 17.3 Å². The van der Waals surface area contributed by atoms with Crippen LogP contribution in [0.3, 0.4) is 0 Å². The molecule has 0 unspecified atom stereocenters. The van der Waals surface area contributed by atoms with E-state index in [2.05, 4.69) is 10.2 Å². The smallest absolute Gasteiger partial charge is 0.349 e. The molecule has 1 aliphatic heterocycles. The Labute approximate surface area is 171 Å². The van der Waals surface area contributed by atoms with E-state index in [1.54, 1.807) is 29.3 Å². The second kappa shape index (κ2) is 7.59. The van der Waals surface area contributed by atoms with E-state index in [4.69, 9.17) is 9.15 Å². The average molecular weight is 401 g/mol. The van der Waals surface area contributed by atoms with Gasteiger partial charge in [-0.05, 0) is 18.2 Å². The van der Waals surface area contributed by atoms with E-state index < -0.39 is 5.63 Å². The molecule has 0 saturated carbocycles. The van der Waals surface area contributed by atoms with Crippen LogP contribution in [0.25, 0.3) is 21.7 Å². The lowest BCUT2D eigenvalue weighted by molar-refractivity contribution is 0.0585. The monoisotopic (exact) mass is 401 g/mol. The molecule has 7 nitrogen and oxygen atoms in total. The second-order valence-corrected chi connectivity index (χ2v) is 7.33. The number of benzene rings is 2. The van der Waals surface area contributed by atoms with Crippen molar-refractivity contribution in [1.82, 2.24) is 15.1 Å². The predicted molar refractivity (Wildman–Crippen MR) is 112 cm³/mol. The number of ether oxygens (including phenoxy) is 1. The Kier molecular flexibility index (Phi) is 4.63. The molecule has 4 aromatic rings. The molecule has 1 saturated heterocycles. The van der Waals surface area contributed by atoms with Gasteiger partial charge in [-0.3, -0.25) is 4.79 Å². The molecular formula is C23H19N3O4. The summed E-state index contributed by atoms with van der Waals surface area (Å²) in [6.45, 7) is 0.988. The van der Waals surface area contributed by atoms with Gasteiger partial charge in [-0.2, -0.15) is 5.10 Å². The number of hydrogen-bond acceptors (Lipinski definition) is 6. The van der Waals surface area contributed by atoms with Crippen molar-refractivity contribution in [3.63, 3.8) is 0 Å². The van der Waals surface area contributed by atoms with Gasteiger partial charge in [0, 0.05) is 42.1 Å². The van der Waals surface area contributed by atoms with Crippen molar-refractivity contribution < 1.29 is 13.9 Å². The fourth-order valence-corrected chi connectivity index (χ4v) is 3.80. The molecule has 0 N–H and O–H groups in total.